The molecular weight excluding hydrogens is 250 g/mol. The molecule has 1 saturated carbocycles. The molecule has 1 aliphatic rings. The highest BCUT2D eigenvalue weighted by molar-refractivity contribution is 5.81. The van der Waals surface area contributed by atoms with Crippen LogP contribution in [0, 0.1) is 0 Å². The minimum absolute atomic E-state index is 0.602. The smallest absolute Gasteiger partial charge is 0.227 e. The van der Waals surface area contributed by atoms with Crippen LogP contribution < -0.4 is 5.32 Å². The zero-order valence-corrected chi connectivity index (χ0v) is 11.2. The fraction of sp³-hybridized carbons (Fsp3) is 0.267. The third-order valence-corrected chi connectivity index (χ3v) is 3.68. The van der Waals surface area contributed by atoms with E-state index in [1.54, 1.807) is 18.5 Å². The van der Waals surface area contributed by atoms with Crippen LogP contribution in [0.2, 0.25) is 0 Å². The summed E-state index contributed by atoms with van der Waals surface area (Å²) in [5, 5.41) is 3.20. The SMILES string of the molecule is Cn1c(C2CC2)nc2cc(Nc3ncccn3)ccc21. The number of benzene rings is 1. The van der Waals surface area contributed by atoms with Crippen molar-refractivity contribution < 1.29 is 0 Å². The topological polar surface area (TPSA) is 55.6 Å². The van der Waals surface area contributed by atoms with E-state index in [0.717, 1.165) is 11.2 Å². The fourth-order valence-electron chi connectivity index (χ4n) is 2.50. The Morgan fingerprint density at radius 1 is 1.20 bits per heavy atom. The number of anilines is 2. The predicted molar refractivity (Wildman–Crippen MR) is 78.0 cm³/mol. The largest absolute Gasteiger partial charge is 0.331 e. The van der Waals surface area contributed by atoms with Crippen LogP contribution in [0.5, 0.6) is 0 Å². The van der Waals surface area contributed by atoms with Gasteiger partial charge in [0.05, 0.1) is 11.0 Å². The van der Waals surface area contributed by atoms with Crippen molar-refractivity contribution in [3.05, 3.63) is 42.5 Å². The standard InChI is InChI=1S/C15H15N5/c1-20-13-6-5-11(18-15-16-7-2-8-17-15)9-12(13)19-14(20)10-3-4-10/h2,5-10H,3-4H2,1H3,(H,16,17,18). The third kappa shape index (κ3) is 1.91. The first kappa shape index (κ1) is 11.4. The van der Waals surface area contributed by atoms with Crippen molar-refractivity contribution in [1.29, 1.82) is 0 Å². The van der Waals surface area contributed by atoms with Crippen LogP contribution >= 0.6 is 0 Å². The highest BCUT2D eigenvalue weighted by Crippen LogP contribution is 2.40. The molecule has 100 valence electrons. The fourth-order valence-corrected chi connectivity index (χ4v) is 2.50. The second-order valence-corrected chi connectivity index (χ2v) is 5.20. The van der Waals surface area contributed by atoms with E-state index in [2.05, 4.69) is 39.0 Å². The lowest BCUT2D eigenvalue weighted by molar-refractivity contribution is 0.820. The van der Waals surface area contributed by atoms with Crippen molar-refractivity contribution in [2.75, 3.05) is 5.32 Å². The van der Waals surface area contributed by atoms with Crippen LogP contribution in [0.4, 0.5) is 11.6 Å². The third-order valence-electron chi connectivity index (χ3n) is 3.68. The van der Waals surface area contributed by atoms with Crippen molar-refractivity contribution in [3.8, 4) is 0 Å². The lowest BCUT2D eigenvalue weighted by Crippen LogP contribution is -1.96. The molecule has 2 aromatic heterocycles. The van der Waals surface area contributed by atoms with Gasteiger partial charge < -0.3 is 9.88 Å². The van der Waals surface area contributed by atoms with Crippen molar-refractivity contribution in [2.45, 2.75) is 18.8 Å². The predicted octanol–water partition coefficient (Wildman–Crippen LogP) is 2.98. The van der Waals surface area contributed by atoms with Gasteiger partial charge in [0.1, 0.15) is 5.82 Å². The second-order valence-electron chi connectivity index (χ2n) is 5.20. The van der Waals surface area contributed by atoms with E-state index < -0.39 is 0 Å². The minimum Gasteiger partial charge on any atom is -0.331 e. The highest BCUT2D eigenvalue weighted by Gasteiger charge is 2.28. The maximum absolute atomic E-state index is 4.76. The molecule has 0 spiro atoms. The zero-order chi connectivity index (χ0) is 13.5. The van der Waals surface area contributed by atoms with Crippen molar-refractivity contribution >= 4 is 22.7 Å². The lowest BCUT2D eigenvalue weighted by atomic mass is 10.3. The molecule has 4 rings (SSSR count). The summed E-state index contributed by atoms with van der Waals surface area (Å²) in [5.41, 5.74) is 3.16. The van der Waals surface area contributed by atoms with Crippen LogP contribution in [-0.4, -0.2) is 19.5 Å². The Labute approximate surface area is 116 Å². The minimum atomic E-state index is 0.602. The Morgan fingerprint density at radius 2 is 2.00 bits per heavy atom. The van der Waals surface area contributed by atoms with Gasteiger partial charge in [0, 0.05) is 31.0 Å². The summed E-state index contributed by atoms with van der Waals surface area (Å²) < 4.78 is 2.20. The van der Waals surface area contributed by atoms with Gasteiger partial charge in [-0.25, -0.2) is 15.0 Å². The Morgan fingerprint density at radius 3 is 2.75 bits per heavy atom. The molecule has 0 amide bonds. The molecule has 0 saturated heterocycles. The molecule has 3 aromatic rings. The monoisotopic (exact) mass is 265 g/mol. The quantitative estimate of drug-likeness (QED) is 0.791. The van der Waals surface area contributed by atoms with Gasteiger partial charge in [-0.1, -0.05) is 0 Å². The number of hydrogen-bond acceptors (Lipinski definition) is 4. The average molecular weight is 265 g/mol. The molecule has 0 atom stereocenters. The van der Waals surface area contributed by atoms with Crippen LogP contribution in [0.1, 0.15) is 24.6 Å². The molecule has 1 N–H and O–H groups in total. The molecule has 1 aliphatic carbocycles. The van der Waals surface area contributed by atoms with E-state index in [4.69, 9.17) is 4.98 Å². The molecule has 2 heterocycles. The van der Waals surface area contributed by atoms with E-state index in [9.17, 15) is 0 Å². The van der Waals surface area contributed by atoms with Crippen molar-refractivity contribution in [1.82, 2.24) is 19.5 Å². The van der Waals surface area contributed by atoms with Crippen molar-refractivity contribution in [3.63, 3.8) is 0 Å². The van der Waals surface area contributed by atoms with Gasteiger partial charge in [-0.3, -0.25) is 0 Å². The summed E-state index contributed by atoms with van der Waals surface area (Å²) in [6.45, 7) is 0. The Hall–Kier alpha value is -2.43. The Kier molecular flexibility index (Phi) is 2.45. The molecule has 0 radical (unpaired) electrons. The van der Waals surface area contributed by atoms with Gasteiger partial charge in [-0.05, 0) is 37.1 Å². The van der Waals surface area contributed by atoms with E-state index >= 15 is 0 Å². The lowest BCUT2D eigenvalue weighted by Gasteiger charge is -2.04. The van der Waals surface area contributed by atoms with Crippen molar-refractivity contribution in [2.24, 2.45) is 7.05 Å². The van der Waals surface area contributed by atoms with E-state index in [1.165, 1.54) is 24.2 Å². The molecule has 5 heteroatoms. The maximum atomic E-state index is 4.76. The van der Waals surface area contributed by atoms with E-state index in [1.807, 2.05) is 6.07 Å². The molecule has 1 fully saturated rings. The number of aryl methyl sites for hydroxylation is 1. The first-order valence-electron chi connectivity index (χ1n) is 6.82. The second kappa shape index (κ2) is 4.30. The Balaban J connectivity index is 1.71. The molecular formula is C15H15N5. The molecule has 5 nitrogen and oxygen atoms in total. The summed E-state index contributed by atoms with van der Waals surface area (Å²) in [6.07, 6.45) is 5.97. The van der Waals surface area contributed by atoms with Gasteiger partial charge >= 0.3 is 0 Å². The summed E-state index contributed by atoms with van der Waals surface area (Å²) in [6, 6.07) is 7.99. The number of aromatic nitrogens is 4. The molecule has 0 aliphatic heterocycles. The van der Waals surface area contributed by atoms with Gasteiger partial charge in [0.25, 0.3) is 0 Å². The highest BCUT2D eigenvalue weighted by atomic mass is 15.1. The number of nitrogens with one attached hydrogen (secondary N) is 1. The van der Waals surface area contributed by atoms with Crippen LogP contribution in [0.15, 0.2) is 36.7 Å². The summed E-state index contributed by atoms with van der Waals surface area (Å²) in [7, 11) is 2.09. The van der Waals surface area contributed by atoms with Crippen LogP contribution in [0.3, 0.4) is 0 Å². The number of hydrogen-bond donors (Lipinski definition) is 1. The molecule has 1 aromatic carbocycles. The van der Waals surface area contributed by atoms with E-state index in [-0.39, 0.29) is 0 Å². The Bertz CT molecular complexity index is 759. The zero-order valence-electron chi connectivity index (χ0n) is 11.2. The summed E-state index contributed by atoms with van der Waals surface area (Å²) in [5.74, 6) is 2.46. The van der Waals surface area contributed by atoms with Crippen LogP contribution in [0.25, 0.3) is 11.0 Å². The van der Waals surface area contributed by atoms with Gasteiger partial charge in [0.15, 0.2) is 0 Å². The molecule has 20 heavy (non-hydrogen) atoms. The van der Waals surface area contributed by atoms with E-state index in [0.29, 0.717) is 11.9 Å². The summed E-state index contributed by atoms with van der Waals surface area (Å²) in [4.78, 5) is 13.1. The van der Waals surface area contributed by atoms with Gasteiger partial charge in [-0.2, -0.15) is 0 Å². The summed E-state index contributed by atoms with van der Waals surface area (Å²) >= 11 is 0. The number of nitrogens with zero attached hydrogens (tertiary/aromatic N) is 4. The average Bonchev–Trinajstić information content (AvgIpc) is 3.26. The first-order valence-corrected chi connectivity index (χ1v) is 6.82. The van der Waals surface area contributed by atoms with Crippen LogP contribution in [-0.2, 0) is 7.05 Å². The number of imidazole rings is 1. The molecule has 0 bridgehead atoms. The van der Waals surface area contributed by atoms with Gasteiger partial charge in [-0.15, -0.1) is 0 Å². The first-order chi connectivity index (χ1) is 9.81. The number of rotatable bonds is 3. The molecule has 0 unspecified atom stereocenters. The normalized spacial score (nSPS) is 14.7. The van der Waals surface area contributed by atoms with Gasteiger partial charge in [0.2, 0.25) is 5.95 Å². The number of fused-ring (bicyclic) bond motifs is 1. The maximum Gasteiger partial charge on any atom is 0.227 e.